The molecule has 0 fully saturated rings. The fourth-order valence-corrected chi connectivity index (χ4v) is 4.17. The second-order valence-electron chi connectivity index (χ2n) is 4.14. The largest absolute Gasteiger partial charge is 0.356 e. The summed E-state index contributed by atoms with van der Waals surface area (Å²) in [5.74, 6) is 0.538. The number of aromatic nitrogens is 1. The van der Waals surface area contributed by atoms with Gasteiger partial charge in [0.05, 0.1) is 6.20 Å². The third-order valence-corrected chi connectivity index (χ3v) is 6.01. The maximum Gasteiger partial charge on any atom is 0.271 e. The maximum atomic E-state index is 12.3. The SMILES string of the molecule is O=S(=O)(Nc1ccc(Br)cc1)c1cc(-c2ccno2)cs1. The highest BCUT2D eigenvalue weighted by atomic mass is 79.9. The summed E-state index contributed by atoms with van der Waals surface area (Å²) in [6.07, 6.45) is 1.52. The molecular formula is C13H9BrN2O3S2. The van der Waals surface area contributed by atoms with Crippen molar-refractivity contribution < 1.29 is 12.9 Å². The minimum Gasteiger partial charge on any atom is -0.356 e. The number of thiophene rings is 1. The molecule has 5 nitrogen and oxygen atoms in total. The van der Waals surface area contributed by atoms with Crippen molar-refractivity contribution in [2.24, 2.45) is 0 Å². The van der Waals surface area contributed by atoms with E-state index >= 15 is 0 Å². The number of rotatable bonds is 4. The van der Waals surface area contributed by atoms with Crippen LogP contribution in [0.5, 0.6) is 0 Å². The standard InChI is InChI=1S/C13H9BrN2O3S2/c14-10-1-3-11(4-2-10)16-21(17,18)13-7-9(8-20-13)12-5-6-15-19-12/h1-8,16H. The molecule has 0 aliphatic carbocycles. The molecule has 0 spiro atoms. The smallest absolute Gasteiger partial charge is 0.271 e. The van der Waals surface area contributed by atoms with Crippen molar-refractivity contribution in [3.05, 3.63) is 52.4 Å². The van der Waals surface area contributed by atoms with E-state index in [1.165, 1.54) is 6.20 Å². The molecule has 0 bridgehead atoms. The highest BCUT2D eigenvalue weighted by molar-refractivity contribution is 9.10. The van der Waals surface area contributed by atoms with E-state index in [0.717, 1.165) is 15.8 Å². The fraction of sp³-hybridized carbons (Fsp3) is 0. The number of sulfonamides is 1. The Morgan fingerprint density at radius 2 is 1.95 bits per heavy atom. The molecule has 2 aromatic heterocycles. The summed E-state index contributed by atoms with van der Waals surface area (Å²) in [5, 5.41) is 5.33. The number of halogens is 1. The zero-order valence-electron chi connectivity index (χ0n) is 10.5. The quantitative estimate of drug-likeness (QED) is 0.738. The Balaban J connectivity index is 1.87. The molecule has 1 N–H and O–H groups in total. The molecule has 0 atom stereocenters. The molecule has 21 heavy (non-hydrogen) atoms. The maximum absolute atomic E-state index is 12.3. The molecule has 0 radical (unpaired) electrons. The van der Waals surface area contributed by atoms with Gasteiger partial charge in [0.1, 0.15) is 4.21 Å². The minimum atomic E-state index is -3.61. The van der Waals surface area contributed by atoms with E-state index in [9.17, 15) is 8.42 Å². The van der Waals surface area contributed by atoms with Crippen LogP contribution in [0.4, 0.5) is 5.69 Å². The van der Waals surface area contributed by atoms with Crippen molar-refractivity contribution in [1.29, 1.82) is 0 Å². The minimum absolute atomic E-state index is 0.219. The molecule has 2 heterocycles. The molecule has 8 heteroatoms. The summed E-state index contributed by atoms with van der Waals surface area (Å²) in [7, 11) is -3.61. The molecule has 108 valence electrons. The lowest BCUT2D eigenvalue weighted by Crippen LogP contribution is -2.11. The van der Waals surface area contributed by atoms with Crippen LogP contribution in [0.3, 0.4) is 0 Å². The van der Waals surface area contributed by atoms with Crippen molar-refractivity contribution in [2.75, 3.05) is 4.72 Å². The summed E-state index contributed by atoms with van der Waals surface area (Å²) < 4.78 is 33.3. The summed E-state index contributed by atoms with van der Waals surface area (Å²) in [5.41, 5.74) is 1.20. The molecule has 0 saturated heterocycles. The van der Waals surface area contributed by atoms with Gasteiger partial charge in [-0.2, -0.15) is 0 Å². The molecule has 0 amide bonds. The van der Waals surface area contributed by atoms with Crippen molar-refractivity contribution in [3.63, 3.8) is 0 Å². The Bertz CT molecular complexity index is 840. The van der Waals surface area contributed by atoms with E-state index < -0.39 is 10.0 Å². The molecule has 0 unspecified atom stereocenters. The van der Waals surface area contributed by atoms with Crippen LogP contribution in [0.1, 0.15) is 0 Å². The Hall–Kier alpha value is -1.64. The van der Waals surface area contributed by atoms with Crippen molar-refractivity contribution >= 4 is 43.0 Å². The van der Waals surface area contributed by atoms with Gasteiger partial charge in [-0.25, -0.2) is 8.42 Å². The number of hydrogen-bond acceptors (Lipinski definition) is 5. The lowest BCUT2D eigenvalue weighted by atomic mass is 10.3. The average Bonchev–Trinajstić information content (AvgIpc) is 3.11. The van der Waals surface area contributed by atoms with E-state index in [1.807, 2.05) is 0 Å². The lowest BCUT2D eigenvalue weighted by molar-refractivity contribution is 0.432. The Morgan fingerprint density at radius 3 is 2.62 bits per heavy atom. The van der Waals surface area contributed by atoms with Gasteiger partial charge in [0.25, 0.3) is 10.0 Å². The molecule has 0 aliphatic rings. The molecule has 0 aliphatic heterocycles. The molecule has 1 aromatic carbocycles. The van der Waals surface area contributed by atoms with Gasteiger partial charge in [-0.15, -0.1) is 11.3 Å². The summed E-state index contributed by atoms with van der Waals surface area (Å²) >= 11 is 4.43. The number of anilines is 1. The highest BCUT2D eigenvalue weighted by Crippen LogP contribution is 2.29. The van der Waals surface area contributed by atoms with Crippen LogP contribution in [0.25, 0.3) is 11.3 Å². The normalized spacial score (nSPS) is 11.5. The van der Waals surface area contributed by atoms with Crippen LogP contribution in [0.2, 0.25) is 0 Å². The van der Waals surface area contributed by atoms with Crippen LogP contribution < -0.4 is 4.72 Å². The summed E-state index contributed by atoms with van der Waals surface area (Å²) in [4.78, 5) is 0. The predicted octanol–water partition coefficient (Wildman–Crippen LogP) is 3.97. The second kappa shape index (κ2) is 5.63. The van der Waals surface area contributed by atoms with Gasteiger partial charge in [-0.3, -0.25) is 4.72 Å². The second-order valence-corrected chi connectivity index (χ2v) is 7.88. The first-order valence-electron chi connectivity index (χ1n) is 5.82. The lowest BCUT2D eigenvalue weighted by Gasteiger charge is -2.05. The van der Waals surface area contributed by atoms with Gasteiger partial charge in [0.15, 0.2) is 5.76 Å². The molecule has 3 rings (SSSR count). The highest BCUT2D eigenvalue weighted by Gasteiger charge is 2.18. The van der Waals surface area contributed by atoms with Crippen molar-refractivity contribution in [2.45, 2.75) is 4.21 Å². The monoisotopic (exact) mass is 384 g/mol. The van der Waals surface area contributed by atoms with Gasteiger partial charge >= 0.3 is 0 Å². The van der Waals surface area contributed by atoms with Crippen LogP contribution >= 0.6 is 27.3 Å². The first-order valence-corrected chi connectivity index (χ1v) is 8.98. The van der Waals surface area contributed by atoms with Gasteiger partial charge in [0.2, 0.25) is 0 Å². The van der Waals surface area contributed by atoms with E-state index in [1.54, 1.807) is 41.8 Å². The topological polar surface area (TPSA) is 72.2 Å². The first-order chi connectivity index (χ1) is 10.0. The van der Waals surface area contributed by atoms with E-state index in [0.29, 0.717) is 17.0 Å². The molecule has 3 aromatic rings. The fourth-order valence-electron chi connectivity index (χ4n) is 1.67. The van der Waals surface area contributed by atoms with Crippen LogP contribution in [0, 0.1) is 0 Å². The Labute approximate surface area is 133 Å². The zero-order chi connectivity index (χ0) is 14.9. The van der Waals surface area contributed by atoms with Gasteiger partial charge in [-0.05, 0) is 30.3 Å². The summed E-state index contributed by atoms with van der Waals surface area (Å²) in [6.45, 7) is 0. The van der Waals surface area contributed by atoms with Gasteiger partial charge in [0, 0.05) is 27.2 Å². The molecule has 0 saturated carbocycles. The third kappa shape index (κ3) is 3.17. The zero-order valence-corrected chi connectivity index (χ0v) is 13.7. The third-order valence-electron chi connectivity index (χ3n) is 2.66. The van der Waals surface area contributed by atoms with Crippen LogP contribution in [-0.4, -0.2) is 13.6 Å². The predicted molar refractivity (Wildman–Crippen MR) is 84.8 cm³/mol. The van der Waals surface area contributed by atoms with Gasteiger partial charge in [-0.1, -0.05) is 21.1 Å². The van der Waals surface area contributed by atoms with Gasteiger partial charge < -0.3 is 4.52 Å². The first kappa shape index (κ1) is 14.3. The van der Waals surface area contributed by atoms with Crippen LogP contribution in [0.15, 0.2) is 61.2 Å². The van der Waals surface area contributed by atoms with Crippen molar-refractivity contribution in [1.82, 2.24) is 5.16 Å². The van der Waals surface area contributed by atoms with E-state index in [-0.39, 0.29) is 4.21 Å². The van der Waals surface area contributed by atoms with Crippen molar-refractivity contribution in [3.8, 4) is 11.3 Å². The summed E-state index contributed by atoms with van der Waals surface area (Å²) in [6, 6.07) is 10.2. The van der Waals surface area contributed by atoms with E-state index in [4.69, 9.17) is 4.52 Å². The molecular weight excluding hydrogens is 376 g/mol. The number of hydrogen-bond donors (Lipinski definition) is 1. The average molecular weight is 385 g/mol. The Kier molecular flexibility index (Phi) is 3.83. The van der Waals surface area contributed by atoms with E-state index in [2.05, 4.69) is 25.8 Å². The number of nitrogens with one attached hydrogen (secondary N) is 1. The number of nitrogens with zero attached hydrogens (tertiary/aromatic N) is 1. The Morgan fingerprint density at radius 1 is 1.19 bits per heavy atom. The number of benzene rings is 1. The van der Waals surface area contributed by atoms with Crippen LogP contribution in [-0.2, 0) is 10.0 Å².